The topological polar surface area (TPSA) is 115 Å². The molecule has 3 aromatic rings. The number of ether oxygens (including phenoxy) is 3. The Hall–Kier alpha value is -3.52. The molecule has 0 spiro atoms. The SMILES string of the molecule is COc1ccc2ncc(COc3cccc(C(C)(C(=O)O)C(=O)O)c3)c(OC(C)C)c2c1.Cl. The molecular weight excluding hydrogens is 450 g/mol. The lowest BCUT2D eigenvalue weighted by atomic mass is 9.82. The van der Waals surface area contributed by atoms with Crippen LogP contribution in [0.3, 0.4) is 0 Å². The minimum atomic E-state index is -2.09. The summed E-state index contributed by atoms with van der Waals surface area (Å²) in [5.74, 6) is -1.30. The zero-order valence-corrected chi connectivity index (χ0v) is 19.5. The number of nitrogens with zero attached hydrogens (tertiary/aromatic N) is 1. The molecule has 2 N–H and O–H groups in total. The van der Waals surface area contributed by atoms with Gasteiger partial charge in [0.1, 0.15) is 23.9 Å². The molecule has 1 heterocycles. The molecule has 3 rings (SSSR count). The van der Waals surface area contributed by atoms with Gasteiger partial charge in [-0.1, -0.05) is 12.1 Å². The Morgan fingerprint density at radius 2 is 1.76 bits per heavy atom. The molecule has 9 heteroatoms. The van der Waals surface area contributed by atoms with Crippen LogP contribution in [0.1, 0.15) is 31.9 Å². The highest BCUT2D eigenvalue weighted by Gasteiger charge is 2.43. The third kappa shape index (κ3) is 5.28. The maximum absolute atomic E-state index is 11.6. The molecule has 0 unspecified atom stereocenters. The van der Waals surface area contributed by atoms with Gasteiger partial charge in [0, 0.05) is 11.6 Å². The van der Waals surface area contributed by atoms with Gasteiger partial charge in [-0.3, -0.25) is 14.6 Å². The van der Waals surface area contributed by atoms with E-state index in [4.69, 9.17) is 14.2 Å². The molecule has 2 aromatic carbocycles. The molecule has 0 atom stereocenters. The molecule has 0 saturated heterocycles. The Labute approximate surface area is 197 Å². The van der Waals surface area contributed by atoms with Crippen LogP contribution in [-0.2, 0) is 21.6 Å². The van der Waals surface area contributed by atoms with Crippen molar-refractivity contribution in [2.75, 3.05) is 7.11 Å². The van der Waals surface area contributed by atoms with E-state index in [1.54, 1.807) is 25.4 Å². The maximum Gasteiger partial charge on any atom is 0.325 e. The van der Waals surface area contributed by atoms with Crippen molar-refractivity contribution in [3.05, 3.63) is 59.8 Å². The molecule has 0 saturated carbocycles. The van der Waals surface area contributed by atoms with Crippen LogP contribution in [0.25, 0.3) is 10.9 Å². The fourth-order valence-electron chi connectivity index (χ4n) is 3.19. The molecule has 1 aromatic heterocycles. The van der Waals surface area contributed by atoms with E-state index < -0.39 is 17.4 Å². The Morgan fingerprint density at radius 1 is 1.06 bits per heavy atom. The number of methoxy groups -OCH3 is 1. The first-order valence-corrected chi connectivity index (χ1v) is 9.99. The van der Waals surface area contributed by atoms with Crippen LogP contribution in [0, 0.1) is 0 Å². The number of rotatable bonds is 9. The van der Waals surface area contributed by atoms with E-state index in [2.05, 4.69) is 4.98 Å². The summed E-state index contributed by atoms with van der Waals surface area (Å²) in [4.78, 5) is 27.7. The van der Waals surface area contributed by atoms with Gasteiger partial charge in [-0.05, 0) is 56.7 Å². The second kappa shape index (κ2) is 10.4. The summed E-state index contributed by atoms with van der Waals surface area (Å²) in [6.07, 6.45) is 1.57. The number of carboxylic acids is 2. The number of halogens is 1. The minimum Gasteiger partial charge on any atom is -0.497 e. The second-order valence-electron chi connectivity index (χ2n) is 7.71. The standard InChI is InChI=1S/C24H25NO7.ClH/c1-14(2)32-21-15(12-25-20-9-8-17(30-4)11-19(20)21)13-31-18-7-5-6-16(10-18)24(3,22(26)27)23(28)29;/h5-12,14H,13H2,1-4H3,(H,26,27)(H,28,29);1H. The number of hydrogen-bond acceptors (Lipinski definition) is 6. The van der Waals surface area contributed by atoms with Gasteiger partial charge in [-0.15, -0.1) is 12.4 Å². The minimum absolute atomic E-state index is 0. The Morgan fingerprint density at radius 3 is 2.36 bits per heavy atom. The summed E-state index contributed by atoms with van der Waals surface area (Å²) >= 11 is 0. The average Bonchev–Trinajstić information content (AvgIpc) is 2.77. The quantitative estimate of drug-likeness (QED) is 0.436. The van der Waals surface area contributed by atoms with Gasteiger partial charge in [-0.2, -0.15) is 0 Å². The van der Waals surface area contributed by atoms with E-state index >= 15 is 0 Å². The van der Waals surface area contributed by atoms with Gasteiger partial charge >= 0.3 is 11.9 Å². The molecule has 33 heavy (non-hydrogen) atoms. The van der Waals surface area contributed by atoms with E-state index in [0.717, 1.165) is 17.8 Å². The number of benzene rings is 2. The van der Waals surface area contributed by atoms with Crippen molar-refractivity contribution in [3.63, 3.8) is 0 Å². The summed E-state index contributed by atoms with van der Waals surface area (Å²) < 4.78 is 17.3. The lowest BCUT2D eigenvalue weighted by Crippen LogP contribution is -2.40. The highest BCUT2D eigenvalue weighted by molar-refractivity contribution is 6.04. The smallest absolute Gasteiger partial charge is 0.325 e. The summed E-state index contributed by atoms with van der Waals surface area (Å²) in [7, 11) is 1.58. The monoisotopic (exact) mass is 475 g/mol. The highest BCUT2D eigenvalue weighted by atomic mass is 35.5. The Kier molecular flexibility index (Phi) is 8.11. The van der Waals surface area contributed by atoms with E-state index in [0.29, 0.717) is 22.8 Å². The summed E-state index contributed by atoms with van der Waals surface area (Å²) in [6.45, 7) is 5.06. The summed E-state index contributed by atoms with van der Waals surface area (Å²) in [5.41, 5.74) is -0.559. The van der Waals surface area contributed by atoms with Crippen molar-refractivity contribution in [1.82, 2.24) is 4.98 Å². The number of carboxylic acid groups (broad SMARTS) is 2. The Balaban J connectivity index is 0.00000385. The maximum atomic E-state index is 11.6. The predicted octanol–water partition coefficient (Wildman–Crippen LogP) is 4.46. The van der Waals surface area contributed by atoms with Crippen molar-refractivity contribution in [3.8, 4) is 17.2 Å². The first-order valence-electron chi connectivity index (χ1n) is 9.99. The van der Waals surface area contributed by atoms with Crippen LogP contribution in [0.5, 0.6) is 17.2 Å². The van der Waals surface area contributed by atoms with Gasteiger partial charge in [0.05, 0.1) is 24.3 Å². The zero-order valence-electron chi connectivity index (χ0n) is 18.7. The second-order valence-corrected chi connectivity index (χ2v) is 7.71. The largest absolute Gasteiger partial charge is 0.497 e. The van der Waals surface area contributed by atoms with Crippen molar-refractivity contribution in [2.24, 2.45) is 0 Å². The summed E-state index contributed by atoms with van der Waals surface area (Å²) in [5, 5.41) is 19.7. The molecule has 0 fully saturated rings. The first kappa shape index (κ1) is 25.7. The number of hydrogen-bond donors (Lipinski definition) is 2. The molecular formula is C24H26ClNO7. The van der Waals surface area contributed by atoms with E-state index in [-0.39, 0.29) is 30.7 Å². The van der Waals surface area contributed by atoms with Gasteiger partial charge < -0.3 is 24.4 Å². The fourth-order valence-corrected chi connectivity index (χ4v) is 3.19. The van der Waals surface area contributed by atoms with Gasteiger partial charge in [0.2, 0.25) is 0 Å². The predicted molar refractivity (Wildman–Crippen MR) is 125 cm³/mol. The lowest BCUT2D eigenvalue weighted by Gasteiger charge is -2.21. The van der Waals surface area contributed by atoms with E-state index in [1.807, 2.05) is 32.0 Å². The third-order valence-corrected chi connectivity index (χ3v) is 5.11. The van der Waals surface area contributed by atoms with Crippen LogP contribution in [0.4, 0.5) is 0 Å². The molecule has 176 valence electrons. The first-order chi connectivity index (χ1) is 15.2. The lowest BCUT2D eigenvalue weighted by molar-refractivity contribution is -0.156. The van der Waals surface area contributed by atoms with E-state index in [9.17, 15) is 19.8 Å². The molecule has 0 aliphatic heterocycles. The number of pyridine rings is 1. The van der Waals surface area contributed by atoms with Crippen molar-refractivity contribution < 1.29 is 34.0 Å². The number of aliphatic carboxylic acids is 2. The van der Waals surface area contributed by atoms with Crippen LogP contribution in [0.15, 0.2) is 48.7 Å². The van der Waals surface area contributed by atoms with Crippen LogP contribution >= 0.6 is 12.4 Å². The Bertz CT molecular complexity index is 1150. The summed E-state index contributed by atoms with van der Waals surface area (Å²) in [6, 6.07) is 11.6. The van der Waals surface area contributed by atoms with Crippen LogP contribution in [0.2, 0.25) is 0 Å². The van der Waals surface area contributed by atoms with Gasteiger partial charge in [-0.25, -0.2) is 0 Å². The van der Waals surface area contributed by atoms with Gasteiger partial charge in [0.15, 0.2) is 5.41 Å². The van der Waals surface area contributed by atoms with Crippen molar-refractivity contribution in [2.45, 2.75) is 38.9 Å². The van der Waals surface area contributed by atoms with Crippen molar-refractivity contribution >= 4 is 35.2 Å². The molecule has 0 bridgehead atoms. The average molecular weight is 476 g/mol. The molecule has 0 amide bonds. The van der Waals surface area contributed by atoms with Crippen molar-refractivity contribution in [1.29, 1.82) is 0 Å². The number of aromatic nitrogens is 1. The molecule has 0 aliphatic rings. The molecule has 0 aliphatic carbocycles. The zero-order chi connectivity index (χ0) is 23.5. The normalized spacial score (nSPS) is 11.1. The fraction of sp³-hybridized carbons (Fsp3) is 0.292. The van der Waals surface area contributed by atoms with E-state index in [1.165, 1.54) is 12.1 Å². The molecule has 0 radical (unpaired) electrons. The molecule has 8 nitrogen and oxygen atoms in total. The van der Waals surface area contributed by atoms with Crippen LogP contribution in [-0.4, -0.2) is 40.3 Å². The van der Waals surface area contributed by atoms with Gasteiger partial charge in [0.25, 0.3) is 0 Å². The highest BCUT2D eigenvalue weighted by Crippen LogP contribution is 2.33. The number of carbonyl (C=O) groups is 2. The van der Waals surface area contributed by atoms with Crippen LogP contribution < -0.4 is 14.2 Å². The number of fused-ring (bicyclic) bond motifs is 1. The third-order valence-electron chi connectivity index (χ3n) is 5.11.